The molecule has 2 saturated heterocycles. The minimum Gasteiger partial charge on any atom is -0.381 e. The van der Waals surface area contributed by atoms with Crippen LogP contribution in [-0.2, 0) is 14.2 Å². The van der Waals surface area contributed by atoms with Crippen molar-refractivity contribution in [1.82, 2.24) is 15.5 Å². The van der Waals surface area contributed by atoms with Gasteiger partial charge in [0.15, 0.2) is 5.96 Å². The summed E-state index contributed by atoms with van der Waals surface area (Å²) in [6, 6.07) is 0.498. The number of hydrogen-bond donors (Lipinski definition) is 2. The van der Waals surface area contributed by atoms with E-state index in [1.807, 2.05) is 7.05 Å². The molecule has 0 radical (unpaired) electrons. The Balaban J connectivity index is 0.00000420. The fourth-order valence-corrected chi connectivity index (χ4v) is 3.65. The van der Waals surface area contributed by atoms with Crippen LogP contribution >= 0.6 is 24.0 Å². The molecule has 2 aliphatic heterocycles. The molecule has 2 rings (SSSR count). The number of rotatable bonds is 11. The SMILES string of the molecule is CN=C(NCCCOCC1CCOCC1)NC1CCN(CCOC(C)C)CC1.I. The molecule has 2 aliphatic rings. The van der Waals surface area contributed by atoms with Gasteiger partial charge in [-0.2, -0.15) is 0 Å². The van der Waals surface area contributed by atoms with E-state index in [2.05, 4.69) is 34.4 Å². The summed E-state index contributed by atoms with van der Waals surface area (Å²) in [6.45, 7) is 12.6. The first-order valence-electron chi connectivity index (χ1n) is 11.1. The van der Waals surface area contributed by atoms with Gasteiger partial charge in [-0.15, -0.1) is 24.0 Å². The summed E-state index contributed by atoms with van der Waals surface area (Å²) >= 11 is 0. The summed E-state index contributed by atoms with van der Waals surface area (Å²) in [6.07, 6.45) is 5.89. The molecule has 0 amide bonds. The monoisotopic (exact) mass is 526 g/mol. The first kappa shape index (κ1) is 26.9. The van der Waals surface area contributed by atoms with Crippen molar-refractivity contribution in [3.63, 3.8) is 0 Å². The Morgan fingerprint density at radius 1 is 1.14 bits per heavy atom. The standard InChI is InChI=1S/C21H42N4O3.HI/c1-18(2)28-16-12-25-10-5-20(6-11-25)24-21(22-3)23-9-4-13-27-17-19-7-14-26-15-8-19;/h18-20H,4-17H2,1-3H3,(H2,22,23,24);1H. The minimum atomic E-state index is 0. The van der Waals surface area contributed by atoms with Gasteiger partial charge >= 0.3 is 0 Å². The lowest BCUT2D eigenvalue weighted by molar-refractivity contribution is 0.0203. The third-order valence-corrected chi connectivity index (χ3v) is 5.46. The van der Waals surface area contributed by atoms with Gasteiger partial charge in [0.05, 0.1) is 12.7 Å². The number of nitrogens with zero attached hydrogens (tertiary/aromatic N) is 2. The molecule has 8 heteroatoms. The van der Waals surface area contributed by atoms with Crippen molar-refractivity contribution in [3.8, 4) is 0 Å². The van der Waals surface area contributed by atoms with Crippen LogP contribution < -0.4 is 10.6 Å². The van der Waals surface area contributed by atoms with Gasteiger partial charge in [-0.25, -0.2) is 0 Å². The summed E-state index contributed by atoms with van der Waals surface area (Å²) < 4.78 is 16.9. The van der Waals surface area contributed by atoms with Crippen LogP contribution in [0.15, 0.2) is 4.99 Å². The molecular weight excluding hydrogens is 483 g/mol. The van der Waals surface area contributed by atoms with E-state index in [4.69, 9.17) is 14.2 Å². The van der Waals surface area contributed by atoms with Crippen molar-refractivity contribution in [1.29, 1.82) is 0 Å². The molecule has 0 aromatic carbocycles. The van der Waals surface area contributed by atoms with Crippen molar-refractivity contribution in [2.24, 2.45) is 10.9 Å². The van der Waals surface area contributed by atoms with Crippen LogP contribution in [0.25, 0.3) is 0 Å². The zero-order chi connectivity index (χ0) is 20.0. The van der Waals surface area contributed by atoms with Crippen LogP contribution in [0.4, 0.5) is 0 Å². The molecule has 2 heterocycles. The molecule has 0 aromatic heterocycles. The van der Waals surface area contributed by atoms with Crippen LogP contribution in [0.1, 0.15) is 46.0 Å². The van der Waals surface area contributed by atoms with E-state index in [1.54, 1.807) is 0 Å². The molecule has 2 fully saturated rings. The van der Waals surface area contributed by atoms with Gasteiger partial charge in [0.2, 0.25) is 0 Å². The number of likely N-dealkylation sites (tertiary alicyclic amines) is 1. The highest BCUT2D eigenvalue weighted by atomic mass is 127. The smallest absolute Gasteiger partial charge is 0.191 e. The Labute approximate surface area is 194 Å². The molecular formula is C21H43IN4O3. The quantitative estimate of drug-likeness (QED) is 0.187. The lowest BCUT2D eigenvalue weighted by Crippen LogP contribution is -2.49. The van der Waals surface area contributed by atoms with E-state index in [-0.39, 0.29) is 24.0 Å². The van der Waals surface area contributed by atoms with E-state index in [0.717, 1.165) is 97.3 Å². The van der Waals surface area contributed by atoms with Crippen molar-refractivity contribution in [2.45, 2.75) is 58.1 Å². The lowest BCUT2D eigenvalue weighted by Gasteiger charge is -2.33. The number of nitrogens with one attached hydrogen (secondary N) is 2. The highest BCUT2D eigenvalue weighted by Crippen LogP contribution is 2.14. The van der Waals surface area contributed by atoms with E-state index < -0.39 is 0 Å². The Bertz CT molecular complexity index is 426. The molecule has 29 heavy (non-hydrogen) atoms. The molecule has 2 N–H and O–H groups in total. The molecule has 0 bridgehead atoms. The zero-order valence-corrected chi connectivity index (χ0v) is 21.0. The largest absolute Gasteiger partial charge is 0.381 e. The zero-order valence-electron chi connectivity index (χ0n) is 18.7. The predicted octanol–water partition coefficient (Wildman–Crippen LogP) is 2.49. The second-order valence-corrected chi connectivity index (χ2v) is 8.16. The van der Waals surface area contributed by atoms with Gasteiger partial charge in [0.25, 0.3) is 0 Å². The van der Waals surface area contributed by atoms with Crippen LogP contribution in [0.3, 0.4) is 0 Å². The number of piperidine rings is 1. The van der Waals surface area contributed by atoms with Gasteiger partial charge in [-0.1, -0.05) is 0 Å². The molecule has 0 aliphatic carbocycles. The van der Waals surface area contributed by atoms with Gasteiger partial charge in [-0.3, -0.25) is 4.99 Å². The highest BCUT2D eigenvalue weighted by Gasteiger charge is 2.19. The number of aliphatic imine (C=N–C) groups is 1. The first-order valence-corrected chi connectivity index (χ1v) is 11.1. The highest BCUT2D eigenvalue weighted by molar-refractivity contribution is 14.0. The molecule has 7 nitrogen and oxygen atoms in total. The summed E-state index contributed by atoms with van der Waals surface area (Å²) in [4.78, 5) is 6.86. The maximum absolute atomic E-state index is 5.83. The Morgan fingerprint density at radius 3 is 2.52 bits per heavy atom. The molecule has 0 spiro atoms. The van der Waals surface area contributed by atoms with Crippen LogP contribution in [0, 0.1) is 5.92 Å². The van der Waals surface area contributed by atoms with Crippen molar-refractivity contribution in [2.75, 3.05) is 66.3 Å². The average molecular weight is 527 g/mol. The van der Waals surface area contributed by atoms with E-state index in [9.17, 15) is 0 Å². The fraction of sp³-hybridized carbons (Fsp3) is 0.952. The second-order valence-electron chi connectivity index (χ2n) is 8.16. The Kier molecular flexibility index (Phi) is 15.3. The van der Waals surface area contributed by atoms with E-state index in [1.165, 1.54) is 0 Å². The molecule has 0 unspecified atom stereocenters. The number of halogens is 1. The van der Waals surface area contributed by atoms with Crippen molar-refractivity contribution < 1.29 is 14.2 Å². The summed E-state index contributed by atoms with van der Waals surface area (Å²) in [5, 5.41) is 6.99. The van der Waals surface area contributed by atoms with Crippen molar-refractivity contribution in [3.05, 3.63) is 0 Å². The lowest BCUT2D eigenvalue weighted by atomic mass is 10.0. The van der Waals surface area contributed by atoms with Gasteiger partial charge < -0.3 is 29.7 Å². The number of guanidine groups is 1. The second kappa shape index (κ2) is 16.5. The summed E-state index contributed by atoms with van der Waals surface area (Å²) in [5.74, 6) is 1.59. The summed E-state index contributed by atoms with van der Waals surface area (Å²) in [7, 11) is 1.84. The topological polar surface area (TPSA) is 67.4 Å². The third kappa shape index (κ3) is 12.3. The summed E-state index contributed by atoms with van der Waals surface area (Å²) in [5.41, 5.74) is 0. The predicted molar refractivity (Wildman–Crippen MR) is 129 cm³/mol. The first-order chi connectivity index (χ1) is 13.7. The Morgan fingerprint density at radius 2 is 1.86 bits per heavy atom. The molecule has 0 atom stereocenters. The number of ether oxygens (including phenoxy) is 3. The van der Waals surface area contributed by atoms with Crippen LogP contribution in [0.5, 0.6) is 0 Å². The molecule has 0 saturated carbocycles. The van der Waals surface area contributed by atoms with Gasteiger partial charge in [0, 0.05) is 65.7 Å². The average Bonchev–Trinajstić information content (AvgIpc) is 2.71. The van der Waals surface area contributed by atoms with Crippen molar-refractivity contribution >= 4 is 29.9 Å². The fourth-order valence-electron chi connectivity index (χ4n) is 3.65. The maximum Gasteiger partial charge on any atom is 0.191 e. The van der Waals surface area contributed by atoms with Crippen LogP contribution in [-0.4, -0.2) is 89.3 Å². The van der Waals surface area contributed by atoms with Crippen LogP contribution in [0.2, 0.25) is 0 Å². The Hall–Kier alpha value is -0.160. The van der Waals surface area contributed by atoms with Gasteiger partial charge in [0.1, 0.15) is 0 Å². The maximum atomic E-state index is 5.83. The molecule has 0 aromatic rings. The number of hydrogen-bond acceptors (Lipinski definition) is 5. The minimum absolute atomic E-state index is 0. The van der Waals surface area contributed by atoms with Gasteiger partial charge in [-0.05, 0) is 51.9 Å². The third-order valence-electron chi connectivity index (χ3n) is 5.46. The normalized spacial score (nSPS) is 19.9. The van der Waals surface area contributed by atoms with E-state index >= 15 is 0 Å². The molecule has 172 valence electrons. The van der Waals surface area contributed by atoms with E-state index in [0.29, 0.717) is 18.1 Å².